The van der Waals surface area contributed by atoms with Gasteiger partial charge in [-0.3, -0.25) is 4.79 Å². The van der Waals surface area contributed by atoms with Crippen LogP contribution in [0.1, 0.15) is 54.4 Å². The lowest BCUT2D eigenvalue weighted by Crippen LogP contribution is -2.43. The summed E-state index contributed by atoms with van der Waals surface area (Å²) in [5.41, 5.74) is 11.7. The Kier molecular flexibility index (Phi) is 4.12. The maximum Gasteiger partial charge on any atom is 0.224 e. The third-order valence-electron chi connectivity index (χ3n) is 6.16. The number of hydrogen-bond donors (Lipinski definition) is 2. The van der Waals surface area contributed by atoms with Crippen LogP contribution in [0.3, 0.4) is 0 Å². The highest BCUT2D eigenvalue weighted by Crippen LogP contribution is 2.55. The van der Waals surface area contributed by atoms with Crippen molar-refractivity contribution in [1.82, 2.24) is 5.32 Å². The molecule has 2 aromatic rings. The summed E-state index contributed by atoms with van der Waals surface area (Å²) in [4.78, 5) is 12.3. The van der Waals surface area contributed by atoms with Gasteiger partial charge in [0.2, 0.25) is 5.91 Å². The highest BCUT2D eigenvalue weighted by Gasteiger charge is 2.42. The van der Waals surface area contributed by atoms with E-state index in [2.05, 4.69) is 53.8 Å². The van der Waals surface area contributed by atoms with Crippen LogP contribution in [0.2, 0.25) is 0 Å². The second-order valence-corrected chi connectivity index (χ2v) is 7.68. The van der Waals surface area contributed by atoms with Gasteiger partial charge in [-0.15, -0.1) is 0 Å². The van der Waals surface area contributed by atoms with Gasteiger partial charge in [0, 0.05) is 30.3 Å². The summed E-state index contributed by atoms with van der Waals surface area (Å²) < 4.78 is 0. The van der Waals surface area contributed by atoms with E-state index in [-0.39, 0.29) is 17.9 Å². The fraction of sp³-hybridized carbons (Fsp3) is 0.409. The molecule has 25 heavy (non-hydrogen) atoms. The Morgan fingerprint density at radius 1 is 1.04 bits per heavy atom. The van der Waals surface area contributed by atoms with Crippen LogP contribution in [0.25, 0.3) is 0 Å². The van der Waals surface area contributed by atoms with Crippen LogP contribution in [0, 0.1) is 11.8 Å². The molecule has 3 unspecified atom stereocenters. The van der Waals surface area contributed by atoms with Crippen molar-refractivity contribution in [3.63, 3.8) is 0 Å². The summed E-state index contributed by atoms with van der Waals surface area (Å²) in [6.45, 7) is 4.51. The molecule has 2 bridgehead atoms. The van der Waals surface area contributed by atoms with Gasteiger partial charge < -0.3 is 11.1 Å². The van der Waals surface area contributed by atoms with Crippen molar-refractivity contribution in [1.29, 1.82) is 0 Å². The van der Waals surface area contributed by atoms with Crippen LogP contribution in [-0.4, -0.2) is 18.5 Å². The van der Waals surface area contributed by atoms with Gasteiger partial charge in [-0.2, -0.15) is 0 Å². The van der Waals surface area contributed by atoms with Crippen molar-refractivity contribution in [3.05, 3.63) is 70.8 Å². The van der Waals surface area contributed by atoms with Crippen LogP contribution < -0.4 is 11.1 Å². The predicted molar refractivity (Wildman–Crippen MR) is 101 cm³/mol. The van der Waals surface area contributed by atoms with Crippen molar-refractivity contribution in [2.24, 2.45) is 17.6 Å². The quantitative estimate of drug-likeness (QED) is 0.900. The molecule has 0 spiro atoms. The van der Waals surface area contributed by atoms with E-state index in [0.717, 1.165) is 13.0 Å². The Hall–Kier alpha value is -2.13. The first-order valence-corrected chi connectivity index (χ1v) is 9.29. The zero-order chi connectivity index (χ0) is 17.6. The molecule has 0 aromatic heterocycles. The summed E-state index contributed by atoms with van der Waals surface area (Å²) in [7, 11) is 0. The van der Waals surface area contributed by atoms with E-state index in [9.17, 15) is 4.79 Å². The Balaban J connectivity index is 1.62. The third kappa shape index (κ3) is 2.67. The second-order valence-electron chi connectivity index (χ2n) is 7.68. The smallest absolute Gasteiger partial charge is 0.224 e. The van der Waals surface area contributed by atoms with Gasteiger partial charge in [0.05, 0.1) is 0 Å². The highest BCUT2D eigenvalue weighted by molar-refractivity contribution is 5.79. The molecule has 3 N–H and O–H groups in total. The fourth-order valence-corrected chi connectivity index (χ4v) is 4.59. The molecule has 0 fully saturated rings. The minimum absolute atomic E-state index is 0.0676. The van der Waals surface area contributed by atoms with Gasteiger partial charge >= 0.3 is 0 Å². The minimum Gasteiger partial charge on any atom is -0.356 e. The first-order valence-electron chi connectivity index (χ1n) is 9.29. The summed E-state index contributed by atoms with van der Waals surface area (Å²) in [5.74, 6) is 1.19. The van der Waals surface area contributed by atoms with Gasteiger partial charge in [0.15, 0.2) is 0 Å². The molecule has 3 nitrogen and oxygen atoms in total. The van der Waals surface area contributed by atoms with Crippen molar-refractivity contribution in [2.75, 3.05) is 6.54 Å². The van der Waals surface area contributed by atoms with Crippen LogP contribution >= 0.6 is 0 Å². The van der Waals surface area contributed by atoms with Crippen molar-refractivity contribution in [2.45, 2.75) is 38.1 Å². The van der Waals surface area contributed by atoms with Crippen molar-refractivity contribution in [3.8, 4) is 0 Å². The molecule has 0 saturated carbocycles. The Bertz CT molecular complexity index is 751. The van der Waals surface area contributed by atoms with E-state index in [4.69, 9.17) is 5.73 Å². The molecule has 3 aliphatic carbocycles. The van der Waals surface area contributed by atoms with Crippen LogP contribution in [0.15, 0.2) is 48.5 Å². The molecule has 0 aliphatic heterocycles. The standard InChI is InChI=1S/C22H26N2O/c1-13(14(2)23)22(25)24-12-15-11-20-16-7-3-5-9-18(16)21(15)19-10-6-4-8-17(19)20/h3-10,13-15,20-21H,11-12,23H2,1-2H3,(H,24,25). The van der Waals surface area contributed by atoms with E-state index in [1.165, 1.54) is 22.3 Å². The molecule has 3 aliphatic rings. The first-order chi connectivity index (χ1) is 12.1. The number of rotatable bonds is 4. The van der Waals surface area contributed by atoms with Gasteiger partial charge in [-0.25, -0.2) is 0 Å². The lowest BCUT2D eigenvalue weighted by molar-refractivity contribution is -0.125. The molecule has 3 atom stereocenters. The normalized spacial score (nSPS) is 25.6. The number of nitrogens with one attached hydrogen (secondary N) is 1. The summed E-state index contributed by atoms with van der Waals surface area (Å²) in [6.07, 6.45) is 1.10. The Labute approximate surface area is 149 Å². The molecule has 0 radical (unpaired) electrons. The molecule has 2 aromatic carbocycles. The molecule has 3 heteroatoms. The Morgan fingerprint density at radius 2 is 1.56 bits per heavy atom. The average Bonchev–Trinajstić information content (AvgIpc) is 2.65. The van der Waals surface area contributed by atoms with Crippen LogP contribution in [0.4, 0.5) is 0 Å². The summed E-state index contributed by atoms with van der Waals surface area (Å²) >= 11 is 0. The van der Waals surface area contributed by atoms with Crippen LogP contribution in [0.5, 0.6) is 0 Å². The molecule has 1 amide bonds. The number of carbonyl (C=O) groups is 1. The monoisotopic (exact) mass is 334 g/mol. The van der Waals surface area contributed by atoms with E-state index in [1.54, 1.807) is 0 Å². The third-order valence-corrected chi connectivity index (χ3v) is 6.16. The maximum atomic E-state index is 12.3. The van der Waals surface area contributed by atoms with Crippen molar-refractivity contribution < 1.29 is 4.79 Å². The topological polar surface area (TPSA) is 55.1 Å². The highest BCUT2D eigenvalue weighted by atomic mass is 16.1. The zero-order valence-corrected chi connectivity index (χ0v) is 14.9. The molecular formula is C22H26N2O. The average molecular weight is 334 g/mol. The molecule has 0 heterocycles. The van der Waals surface area contributed by atoms with E-state index < -0.39 is 0 Å². The van der Waals surface area contributed by atoms with E-state index in [1.807, 2.05) is 13.8 Å². The molecule has 130 valence electrons. The number of fused-ring (bicyclic) bond motifs is 1. The maximum absolute atomic E-state index is 12.3. The van der Waals surface area contributed by atoms with Gasteiger partial charge in [-0.1, -0.05) is 55.5 Å². The minimum atomic E-state index is -0.152. The largest absolute Gasteiger partial charge is 0.356 e. The molecule has 0 saturated heterocycles. The summed E-state index contributed by atoms with van der Waals surface area (Å²) in [5, 5.41) is 3.16. The lowest BCUT2D eigenvalue weighted by Gasteiger charge is -2.45. The summed E-state index contributed by atoms with van der Waals surface area (Å²) in [6, 6.07) is 17.5. The fourth-order valence-electron chi connectivity index (χ4n) is 4.59. The lowest BCUT2D eigenvalue weighted by atomic mass is 9.59. The predicted octanol–water partition coefficient (Wildman–Crippen LogP) is 3.38. The number of carbonyl (C=O) groups excluding carboxylic acids is 1. The van der Waals surface area contributed by atoms with E-state index >= 15 is 0 Å². The van der Waals surface area contributed by atoms with Crippen molar-refractivity contribution >= 4 is 5.91 Å². The van der Waals surface area contributed by atoms with E-state index in [0.29, 0.717) is 17.8 Å². The molecular weight excluding hydrogens is 308 g/mol. The number of nitrogens with two attached hydrogens (primary N) is 1. The van der Waals surface area contributed by atoms with Gasteiger partial charge in [0.25, 0.3) is 0 Å². The first kappa shape index (κ1) is 16.3. The number of amides is 1. The van der Waals surface area contributed by atoms with Gasteiger partial charge in [-0.05, 0) is 41.5 Å². The van der Waals surface area contributed by atoms with Gasteiger partial charge in [0.1, 0.15) is 0 Å². The zero-order valence-electron chi connectivity index (χ0n) is 14.9. The Morgan fingerprint density at radius 3 is 2.08 bits per heavy atom. The number of hydrogen-bond acceptors (Lipinski definition) is 2. The molecule has 5 rings (SSSR count). The number of benzene rings is 2. The van der Waals surface area contributed by atoms with Crippen LogP contribution in [-0.2, 0) is 4.79 Å². The second kappa shape index (κ2) is 6.30. The SMILES string of the molecule is CC(N)C(C)C(=O)NCC1CC2c3ccccc3C1c1ccccc12.